The van der Waals surface area contributed by atoms with Gasteiger partial charge in [0.2, 0.25) is 5.91 Å². The molecule has 2 aromatic heterocycles. The largest absolute Gasteiger partial charge is 0.495 e. The van der Waals surface area contributed by atoms with Crippen molar-refractivity contribution >= 4 is 17.4 Å². The van der Waals surface area contributed by atoms with Gasteiger partial charge in [-0.15, -0.1) is 10.2 Å². The van der Waals surface area contributed by atoms with Crippen LogP contribution in [0.5, 0.6) is 5.75 Å². The lowest BCUT2D eigenvalue weighted by Gasteiger charge is -2.31. The minimum absolute atomic E-state index is 0.0345. The summed E-state index contributed by atoms with van der Waals surface area (Å²) in [4.78, 5) is 14.9. The first-order valence-corrected chi connectivity index (χ1v) is 9.68. The minimum atomic E-state index is -0.0345. The van der Waals surface area contributed by atoms with Crippen LogP contribution in [0.1, 0.15) is 18.4 Å². The summed E-state index contributed by atoms with van der Waals surface area (Å²) in [5.74, 6) is 2.18. The third-order valence-corrected chi connectivity index (χ3v) is 5.18. The quantitative estimate of drug-likeness (QED) is 0.719. The molecule has 0 atom stereocenters. The average Bonchev–Trinajstić information content (AvgIpc) is 3.29. The summed E-state index contributed by atoms with van der Waals surface area (Å²) < 4.78 is 7.03. The molecule has 8 heteroatoms. The highest BCUT2D eigenvalue weighted by atomic mass is 16.5. The number of piperidine rings is 1. The third-order valence-electron chi connectivity index (χ3n) is 5.18. The zero-order valence-electron chi connectivity index (χ0n) is 16.6. The van der Waals surface area contributed by atoms with E-state index in [9.17, 15) is 4.79 Å². The lowest BCUT2D eigenvalue weighted by Crippen LogP contribution is -2.38. The molecule has 1 aliphatic heterocycles. The van der Waals surface area contributed by atoms with Crippen molar-refractivity contribution in [3.8, 4) is 11.6 Å². The molecule has 8 nitrogen and oxygen atoms in total. The number of hydrogen-bond acceptors (Lipinski definition) is 6. The fourth-order valence-electron chi connectivity index (χ4n) is 3.54. The highest BCUT2D eigenvalue weighted by molar-refractivity contribution is 5.94. The lowest BCUT2D eigenvalue weighted by molar-refractivity contribution is -0.120. The van der Waals surface area contributed by atoms with Gasteiger partial charge in [-0.25, -0.2) is 4.68 Å². The van der Waals surface area contributed by atoms with Crippen LogP contribution in [0, 0.1) is 12.8 Å². The number of benzene rings is 1. The molecule has 0 aliphatic carbocycles. The molecule has 1 amide bonds. The summed E-state index contributed by atoms with van der Waals surface area (Å²) in [6, 6.07) is 11.5. The van der Waals surface area contributed by atoms with Gasteiger partial charge < -0.3 is 15.0 Å². The molecular weight excluding hydrogens is 368 g/mol. The van der Waals surface area contributed by atoms with E-state index in [0.717, 1.165) is 43.0 Å². The van der Waals surface area contributed by atoms with E-state index in [1.54, 1.807) is 18.0 Å². The van der Waals surface area contributed by atoms with Crippen molar-refractivity contribution in [3.05, 3.63) is 54.4 Å². The van der Waals surface area contributed by atoms with E-state index < -0.39 is 0 Å². The number of nitrogens with one attached hydrogen (secondary N) is 1. The fourth-order valence-corrected chi connectivity index (χ4v) is 3.54. The van der Waals surface area contributed by atoms with Crippen molar-refractivity contribution in [1.29, 1.82) is 0 Å². The van der Waals surface area contributed by atoms with Gasteiger partial charge in [0.25, 0.3) is 0 Å². The summed E-state index contributed by atoms with van der Waals surface area (Å²) in [6.07, 6.45) is 5.07. The van der Waals surface area contributed by atoms with Crippen molar-refractivity contribution in [2.24, 2.45) is 5.92 Å². The van der Waals surface area contributed by atoms with Crippen molar-refractivity contribution in [3.63, 3.8) is 0 Å². The number of aromatic nitrogens is 4. The van der Waals surface area contributed by atoms with Gasteiger partial charge in [0.1, 0.15) is 5.75 Å². The van der Waals surface area contributed by atoms with Crippen LogP contribution in [-0.2, 0) is 4.79 Å². The summed E-state index contributed by atoms with van der Waals surface area (Å²) in [7, 11) is 1.61. The van der Waals surface area contributed by atoms with Crippen LogP contribution in [0.4, 0.5) is 11.5 Å². The first-order chi connectivity index (χ1) is 14.1. The molecule has 1 saturated heterocycles. The molecule has 0 radical (unpaired) electrons. The van der Waals surface area contributed by atoms with E-state index in [1.807, 2.05) is 49.5 Å². The molecule has 1 aromatic carbocycles. The minimum Gasteiger partial charge on any atom is -0.495 e. The average molecular weight is 392 g/mol. The zero-order chi connectivity index (χ0) is 20.2. The van der Waals surface area contributed by atoms with Gasteiger partial charge in [0, 0.05) is 31.4 Å². The van der Waals surface area contributed by atoms with Crippen molar-refractivity contribution in [1.82, 2.24) is 20.0 Å². The lowest BCUT2D eigenvalue weighted by atomic mass is 9.95. The Kier molecular flexibility index (Phi) is 5.41. The summed E-state index contributed by atoms with van der Waals surface area (Å²) >= 11 is 0. The van der Waals surface area contributed by atoms with Crippen LogP contribution < -0.4 is 15.0 Å². The maximum atomic E-state index is 12.7. The highest BCUT2D eigenvalue weighted by Crippen LogP contribution is 2.28. The standard InChI is InChI=1S/C21H24N6O2/c1-15-4-5-18(29-2)17(14-15)23-21(28)16-8-12-26(13-9-16)19-6-7-20(25-24-19)27-11-3-10-22-27/h3-7,10-11,14,16H,8-9,12-13H2,1-2H3,(H,23,28). The third kappa shape index (κ3) is 4.21. The Morgan fingerprint density at radius 2 is 1.90 bits per heavy atom. The topological polar surface area (TPSA) is 85.2 Å². The van der Waals surface area contributed by atoms with Crippen LogP contribution in [-0.4, -0.2) is 46.1 Å². The summed E-state index contributed by atoms with van der Waals surface area (Å²) in [5.41, 5.74) is 1.80. The van der Waals surface area contributed by atoms with Crippen LogP contribution in [0.2, 0.25) is 0 Å². The molecule has 0 unspecified atom stereocenters. The van der Waals surface area contributed by atoms with Crippen molar-refractivity contribution in [2.45, 2.75) is 19.8 Å². The Balaban J connectivity index is 1.35. The summed E-state index contributed by atoms with van der Waals surface area (Å²) in [6.45, 7) is 3.52. The van der Waals surface area contributed by atoms with Gasteiger partial charge in [0.05, 0.1) is 12.8 Å². The number of anilines is 2. The first kappa shape index (κ1) is 18.9. The Hall–Kier alpha value is -3.42. The molecule has 0 saturated carbocycles. The molecule has 0 spiro atoms. The van der Waals surface area contributed by atoms with Crippen LogP contribution in [0.3, 0.4) is 0 Å². The smallest absolute Gasteiger partial charge is 0.227 e. The van der Waals surface area contributed by atoms with Gasteiger partial charge in [-0.2, -0.15) is 5.10 Å². The van der Waals surface area contributed by atoms with E-state index in [2.05, 4.69) is 25.5 Å². The monoisotopic (exact) mass is 392 g/mol. The maximum absolute atomic E-state index is 12.7. The van der Waals surface area contributed by atoms with Gasteiger partial charge in [-0.05, 0) is 55.7 Å². The normalized spacial score (nSPS) is 14.6. The van der Waals surface area contributed by atoms with Gasteiger partial charge in [-0.1, -0.05) is 6.07 Å². The number of nitrogens with zero attached hydrogens (tertiary/aromatic N) is 5. The van der Waals surface area contributed by atoms with Crippen LogP contribution >= 0.6 is 0 Å². The molecule has 150 valence electrons. The number of amides is 1. The number of ether oxygens (including phenoxy) is 1. The molecular formula is C21H24N6O2. The number of rotatable bonds is 5. The number of aryl methyl sites for hydroxylation is 1. The molecule has 1 fully saturated rings. The predicted octanol–water partition coefficient (Wildman–Crippen LogP) is 2.83. The fraction of sp³-hybridized carbons (Fsp3) is 0.333. The Morgan fingerprint density at radius 3 is 2.55 bits per heavy atom. The van der Waals surface area contributed by atoms with Crippen molar-refractivity contribution in [2.75, 3.05) is 30.4 Å². The molecule has 0 bridgehead atoms. The zero-order valence-corrected chi connectivity index (χ0v) is 16.6. The van der Waals surface area contributed by atoms with Crippen LogP contribution in [0.15, 0.2) is 48.8 Å². The second-order valence-corrected chi connectivity index (χ2v) is 7.15. The Labute approximate surface area is 169 Å². The van der Waals surface area contributed by atoms with Gasteiger partial charge in [0.15, 0.2) is 11.6 Å². The van der Waals surface area contributed by atoms with Crippen LogP contribution in [0.25, 0.3) is 5.82 Å². The molecule has 3 aromatic rings. The number of hydrogen-bond donors (Lipinski definition) is 1. The Bertz CT molecular complexity index is 963. The highest BCUT2D eigenvalue weighted by Gasteiger charge is 2.26. The molecule has 1 N–H and O–H groups in total. The first-order valence-electron chi connectivity index (χ1n) is 9.68. The number of carbonyl (C=O) groups is 1. The predicted molar refractivity (Wildman–Crippen MR) is 110 cm³/mol. The van der Waals surface area contributed by atoms with E-state index in [-0.39, 0.29) is 11.8 Å². The molecule has 29 heavy (non-hydrogen) atoms. The number of methoxy groups -OCH3 is 1. The van der Waals surface area contributed by atoms with E-state index in [4.69, 9.17) is 4.74 Å². The van der Waals surface area contributed by atoms with E-state index >= 15 is 0 Å². The van der Waals surface area contributed by atoms with Gasteiger partial charge >= 0.3 is 0 Å². The van der Waals surface area contributed by atoms with E-state index in [0.29, 0.717) is 11.6 Å². The van der Waals surface area contributed by atoms with Gasteiger partial charge in [-0.3, -0.25) is 4.79 Å². The second-order valence-electron chi connectivity index (χ2n) is 7.15. The molecule has 4 rings (SSSR count). The SMILES string of the molecule is COc1ccc(C)cc1NC(=O)C1CCN(c2ccc(-n3cccn3)nn2)CC1. The Morgan fingerprint density at radius 1 is 1.14 bits per heavy atom. The van der Waals surface area contributed by atoms with Crippen molar-refractivity contribution < 1.29 is 9.53 Å². The second kappa shape index (κ2) is 8.30. The summed E-state index contributed by atoms with van der Waals surface area (Å²) in [5, 5.41) is 15.8. The maximum Gasteiger partial charge on any atom is 0.227 e. The molecule has 1 aliphatic rings. The number of carbonyl (C=O) groups excluding carboxylic acids is 1. The molecule has 3 heterocycles. The van der Waals surface area contributed by atoms with E-state index in [1.165, 1.54) is 0 Å².